The number of rotatable bonds is 10. The van der Waals surface area contributed by atoms with Gasteiger partial charge in [0.25, 0.3) is 0 Å². The average molecular weight is 281 g/mol. The van der Waals surface area contributed by atoms with Crippen LogP contribution in [0.25, 0.3) is 0 Å². The van der Waals surface area contributed by atoms with Crippen molar-refractivity contribution in [2.24, 2.45) is 11.7 Å². The quantitative estimate of drug-likeness (QED) is 0.648. The summed E-state index contributed by atoms with van der Waals surface area (Å²) in [6, 6.07) is 4.95. The van der Waals surface area contributed by atoms with E-state index < -0.39 is 0 Å². The van der Waals surface area contributed by atoms with Crippen LogP contribution in [0.15, 0.2) is 18.2 Å². The minimum atomic E-state index is -0.229. The number of benzene rings is 1. The van der Waals surface area contributed by atoms with Crippen LogP contribution >= 0.6 is 0 Å². The SMILES string of the molecule is CCCCCC(C)COc1cc(F)cc(CCCN)c1. The van der Waals surface area contributed by atoms with E-state index in [-0.39, 0.29) is 5.82 Å². The fourth-order valence-corrected chi connectivity index (χ4v) is 2.22. The van der Waals surface area contributed by atoms with E-state index in [1.807, 2.05) is 6.07 Å². The predicted octanol–water partition coefficient (Wildman–Crippen LogP) is 4.31. The Balaban J connectivity index is 2.44. The Hall–Kier alpha value is -1.09. The maximum atomic E-state index is 13.5. The molecule has 0 radical (unpaired) electrons. The van der Waals surface area contributed by atoms with E-state index in [1.165, 1.54) is 31.7 Å². The van der Waals surface area contributed by atoms with Gasteiger partial charge < -0.3 is 10.5 Å². The van der Waals surface area contributed by atoms with Gasteiger partial charge in [-0.05, 0) is 49.4 Å². The first kappa shape index (κ1) is 17.0. The van der Waals surface area contributed by atoms with E-state index in [4.69, 9.17) is 10.5 Å². The van der Waals surface area contributed by atoms with E-state index in [1.54, 1.807) is 6.07 Å². The Morgan fingerprint density at radius 2 is 2.00 bits per heavy atom. The average Bonchev–Trinajstić information content (AvgIpc) is 2.43. The van der Waals surface area contributed by atoms with Crippen LogP contribution in [0.3, 0.4) is 0 Å². The van der Waals surface area contributed by atoms with Crippen LogP contribution in [0.5, 0.6) is 5.75 Å². The maximum Gasteiger partial charge on any atom is 0.127 e. The zero-order valence-corrected chi connectivity index (χ0v) is 12.8. The lowest BCUT2D eigenvalue weighted by Gasteiger charge is -2.14. The summed E-state index contributed by atoms with van der Waals surface area (Å²) < 4.78 is 19.2. The second kappa shape index (κ2) is 9.76. The number of aryl methyl sites for hydroxylation is 1. The lowest BCUT2D eigenvalue weighted by Crippen LogP contribution is -2.09. The summed E-state index contributed by atoms with van der Waals surface area (Å²) in [6.45, 7) is 5.67. The maximum absolute atomic E-state index is 13.5. The first-order chi connectivity index (χ1) is 9.65. The molecule has 3 heteroatoms. The van der Waals surface area contributed by atoms with Gasteiger partial charge in [-0.1, -0.05) is 33.1 Å². The largest absolute Gasteiger partial charge is 0.493 e. The van der Waals surface area contributed by atoms with E-state index in [0.29, 0.717) is 24.8 Å². The molecule has 1 unspecified atom stereocenters. The van der Waals surface area contributed by atoms with Gasteiger partial charge in [-0.15, -0.1) is 0 Å². The predicted molar refractivity (Wildman–Crippen MR) is 82.6 cm³/mol. The third-order valence-electron chi connectivity index (χ3n) is 3.44. The molecule has 0 aliphatic rings. The van der Waals surface area contributed by atoms with Crippen molar-refractivity contribution in [2.75, 3.05) is 13.2 Å². The third-order valence-corrected chi connectivity index (χ3v) is 3.44. The Bertz CT molecular complexity index is 381. The van der Waals surface area contributed by atoms with Gasteiger partial charge in [0.2, 0.25) is 0 Å². The molecular weight excluding hydrogens is 253 g/mol. The van der Waals surface area contributed by atoms with Gasteiger partial charge in [0, 0.05) is 6.07 Å². The Kier molecular flexibility index (Phi) is 8.28. The molecule has 1 rings (SSSR count). The summed E-state index contributed by atoms with van der Waals surface area (Å²) in [5.74, 6) is 0.921. The van der Waals surface area contributed by atoms with Crippen molar-refractivity contribution in [2.45, 2.75) is 52.4 Å². The molecule has 0 aliphatic carbocycles. The topological polar surface area (TPSA) is 35.2 Å². The fourth-order valence-electron chi connectivity index (χ4n) is 2.22. The third kappa shape index (κ3) is 6.90. The summed E-state index contributed by atoms with van der Waals surface area (Å²) in [7, 11) is 0. The minimum absolute atomic E-state index is 0.229. The summed E-state index contributed by atoms with van der Waals surface area (Å²) in [6.07, 6.45) is 6.59. The minimum Gasteiger partial charge on any atom is -0.493 e. The smallest absolute Gasteiger partial charge is 0.127 e. The number of ether oxygens (including phenoxy) is 1. The van der Waals surface area contributed by atoms with Crippen molar-refractivity contribution >= 4 is 0 Å². The molecule has 2 N–H and O–H groups in total. The number of hydrogen-bond donors (Lipinski definition) is 1. The van der Waals surface area contributed by atoms with E-state index in [2.05, 4.69) is 13.8 Å². The standard InChI is InChI=1S/C17H28FNO/c1-3-4-5-7-14(2)13-20-17-11-15(8-6-9-19)10-16(18)12-17/h10-12,14H,3-9,13,19H2,1-2H3. The van der Waals surface area contributed by atoms with Crippen molar-refractivity contribution in [3.05, 3.63) is 29.6 Å². The molecule has 114 valence electrons. The van der Waals surface area contributed by atoms with Crippen molar-refractivity contribution in [1.82, 2.24) is 0 Å². The normalized spacial score (nSPS) is 12.4. The second-order valence-corrected chi connectivity index (χ2v) is 5.60. The van der Waals surface area contributed by atoms with Crippen LogP contribution in [0.1, 0.15) is 51.5 Å². The zero-order valence-electron chi connectivity index (χ0n) is 12.8. The molecule has 0 fully saturated rings. The first-order valence-electron chi connectivity index (χ1n) is 7.78. The van der Waals surface area contributed by atoms with Gasteiger partial charge in [-0.3, -0.25) is 0 Å². The molecule has 20 heavy (non-hydrogen) atoms. The Morgan fingerprint density at radius 1 is 1.20 bits per heavy atom. The zero-order chi connectivity index (χ0) is 14.8. The highest BCUT2D eigenvalue weighted by molar-refractivity contribution is 5.29. The molecule has 0 spiro atoms. The lowest BCUT2D eigenvalue weighted by molar-refractivity contribution is 0.248. The summed E-state index contributed by atoms with van der Waals surface area (Å²) in [5, 5.41) is 0. The molecule has 0 heterocycles. The van der Waals surface area contributed by atoms with E-state index in [9.17, 15) is 4.39 Å². The van der Waals surface area contributed by atoms with Gasteiger partial charge in [-0.25, -0.2) is 4.39 Å². The lowest BCUT2D eigenvalue weighted by atomic mass is 10.0. The van der Waals surface area contributed by atoms with Gasteiger partial charge in [-0.2, -0.15) is 0 Å². The molecule has 0 saturated heterocycles. The molecule has 2 nitrogen and oxygen atoms in total. The highest BCUT2D eigenvalue weighted by Gasteiger charge is 2.06. The van der Waals surface area contributed by atoms with E-state index >= 15 is 0 Å². The Morgan fingerprint density at radius 3 is 2.70 bits per heavy atom. The molecule has 1 atom stereocenters. The number of nitrogens with two attached hydrogens (primary N) is 1. The van der Waals surface area contributed by atoms with Crippen LogP contribution in [0, 0.1) is 11.7 Å². The first-order valence-corrected chi connectivity index (χ1v) is 7.78. The van der Waals surface area contributed by atoms with Gasteiger partial charge in [0.15, 0.2) is 0 Å². The monoisotopic (exact) mass is 281 g/mol. The van der Waals surface area contributed by atoms with Crippen molar-refractivity contribution in [3.63, 3.8) is 0 Å². The summed E-state index contributed by atoms with van der Waals surface area (Å²) >= 11 is 0. The van der Waals surface area contributed by atoms with Crippen molar-refractivity contribution in [3.8, 4) is 5.75 Å². The molecule has 0 aromatic heterocycles. The molecule has 0 aliphatic heterocycles. The van der Waals surface area contributed by atoms with Gasteiger partial charge >= 0.3 is 0 Å². The molecule has 0 amide bonds. The van der Waals surface area contributed by atoms with Gasteiger partial charge in [0.1, 0.15) is 11.6 Å². The molecule has 1 aromatic rings. The molecular formula is C17H28FNO. The summed E-state index contributed by atoms with van der Waals surface area (Å²) in [5.41, 5.74) is 6.45. The van der Waals surface area contributed by atoms with Crippen LogP contribution in [0.4, 0.5) is 4.39 Å². The highest BCUT2D eigenvalue weighted by Crippen LogP contribution is 2.19. The van der Waals surface area contributed by atoms with Crippen LogP contribution in [-0.2, 0) is 6.42 Å². The van der Waals surface area contributed by atoms with Crippen LogP contribution in [0.2, 0.25) is 0 Å². The van der Waals surface area contributed by atoms with Gasteiger partial charge in [0.05, 0.1) is 6.61 Å². The molecule has 0 bridgehead atoms. The summed E-state index contributed by atoms with van der Waals surface area (Å²) in [4.78, 5) is 0. The second-order valence-electron chi connectivity index (χ2n) is 5.60. The molecule has 1 aromatic carbocycles. The fraction of sp³-hybridized carbons (Fsp3) is 0.647. The number of halogens is 1. The van der Waals surface area contributed by atoms with Crippen molar-refractivity contribution in [1.29, 1.82) is 0 Å². The number of unbranched alkanes of at least 4 members (excludes halogenated alkanes) is 2. The Labute approximate surface area is 122 Å². The van der Waals surface area contributed by atoms with Crippen molar-refractivity contribution < 1.29 is 9.13 Å². The highest BCUT2D eigenvalue weighted by atomic mass is 19.1. The van der Waals surface area contributed by atoms with E-state index in [0.717, 1.165) is 18.4 Å². The number of hydrogen-bond acceptors (Lipinski definition) is 2. The van der Waals surface area contributed by atoms with Crippen LogP contribution < -0.4 is 10.5 Å². The molecule has 0 saturated carbocycles. The van der Waals surface area contributed by atoms with Crippen LogP contribution in [-0.4, -0.2) is 13.2 Å².